The normalized spacial score (nSPS) is 10.8. The van der Waals surface area contributed by atoms with E-state index in [9.17, 15) is 0 Å². The van der Waals surface area contributed by atoms with Crippen LogP contribution < -0.4 is 15.4 Å². The summed E-state index contributed by atoms with van der Waals surface area (Å²) in [6, 6.07) is 9.81. The van der Waals surface area contributed by atoms with Crippen LogP contribution in [0.2, 0.25) is 0 Å². The molecular formula is C17H25IN4OS. The number of hydrogen-bond acceptors (Lipinski definition) is 4. The molecular weight excluding hydrogens is 435 g/mol. The first-order valence-corrected chi connectivity index (χ1v) is 8.83. The monoisotopic (exact) mass is 460 g/mol. The second-order valence-corrected chi connectivity index (χ2v) is 5.81. The van der Waals surface area contributed by atoms with E-state index in [0.717, 1.165) is 35.4 Å². The van der Waals surface area contributed by atoms with Gasteiger partial charge in [-0.15, -0.1) is 35.3 Å². The quantitative estimate of drug-likeness (QED) is 0.274. The maximum atomic E-state index is 5.66. The SMILES string of the molecule is CCNC(=NCc1csc(CC)n1)NCCOc1ccccc1.I. The van der Waals surface area contributed by atoms with E-state index in [1.807, 2.05) is 30.3 Å². The Bertz CT molecular complexity index is 604. The second kappa shape index (κ2) is 12.1. The molecule has 0 amide bonds. The third kappa shape index (κ3) is 7.48. The summed E-state index contributed by atoms with van der Waals surface area (Å²) < 4.78 is 5.66. The number of aliphatic imine (C=N–C) groups is 1. The van der Waals surface area contributed by atoms with E-state index < -0.39 is 0 Å². The fourth-order valence-corrected chi connectivity index (χ4v) is 2.68. The fourth-order valence-electron chi connectivity index (χ4n) is 1.94. The summed E-state index contributed by atoms with van der Waals surface area (Å²) >= 11 is 1.69. The Morgan fingerprint density at radius 3 is 2.67 bits per heavy atom. The summed E-state index contributed by atoms with van der Waals surface area (Å²) in [6.45, 7) is 6.86. The first-order valence-electron chi connectivity index (χ1n) is 7.95. The number of halogens is 1. The summed E-state index contributed by atoms with van der Waals surface area (Å²) in [6.07, 6.45) is 0.976. The summed E-state index contributed by atoms with van der Waals surface area (Å²) in [5, 5.41) is 9.73. The Hall–Kier alpha value is -1.35. The van der Waals surface area contributed by atoms with Crippen molar-refractivity contribution in [2.45, 2.75) is 26.8 Å². The Labute approximate surface area is 165 Å². The van der Waals surface area contributed by atoms with Crippen LogP contribution in [-0.4, -0.2) is 30.6 Å². The number of nitrogens with one attached hydrogen (secondary N) is 2. The molecule has 0 saturated carbocycles. The third-order valence-electron chi connectivity index (χ3n) is 3.05. The first-order chi connectivity index (χ1) is 11.3. The number of nitrogens with zero attached hydrogens (tertiary/aromatic N) is 2. The lowest BCUT2D eigenvalue weighted by atomic mass is 10.3. The van der Waals surface area contributed by atoms with E-state index >= 15 is 0 Å². The lowest BCUT2D eigenvalue weighted by Crippen LogP contribution is -2.39. The molecule has 0 aliphatic rings. The van der Waals surface area contributed by atoms with E-state index in [2.05, 4.69) is 39.8 Å². The maximum absolute atomic E-state index is 5.66. The van der Waals surface area contributed by atoms with Crippen LogP contribution in [0.1, 0.15) is 24.5 Å². The van der Waals surface area contributed by atoms with Gasteiger partial charge in [-0.3, -0.25) is 0 Å². The van der Waals surface area contributed by atoms with Crippen molar-refractivity contribution in [3.63, 3.8) is 0 Å². The van der Waals surface area contributed by atoms with Gasteiger partial charge in [-0.25, -0.2) is 9.98 Å². The van der Waals surface area contributed by atoms with Crippen LogP contribution in [-0.2, 0) is 13.0 Å². The van der Waals surface area contributed by atoms with E-state index in [1.165, 1.54) is 0 Å². The van der Waals surface area contributed by atoms with Crippen LogP contribution in [0.15, 0.2) is 40.7 Å². The summed E-state index contributed by atoms with van der Waals surface area (Å²) in [5.74, 6) is 1.67. The molecule has 2 N–H and O–H groups in total. The zero-order valence-corrected chi connectivity index (χ0v) is 17.3. The molecule has 0 fully saturated rings. The second-order valence-electron chi connectivity index (χ2n) is 4.87. The molecule has 2 aromatic rings. The van der Waals surface area contributed by atoms with Crippen LogP contribution in [0, 0.1) is 0 Å². The van der Waals surface area contributed by atoms with Crippen molar-refractivity contribution >= 4 is 41.3 Å². The average Bonchev–Trinajstić information content (AvgIpc) is 3.05. The van der Waals surface area contributed by atoms with Crippen molar-refractivity contribution in [3.05, 3.63) is 46.4 Å². The molecule has 1 heterocycles. The van der Waals surface area contributed by atoms with Gasteiger partial charge in [-0.2, -0.15) is 0 Å². The highest BCUT2D eigenvalue weighted by atomic mass is 127. The average molecular weight is 460 g/mol. The molecule has 2 rings (SSSR count). The van der Waals surface area contributed by atoms with Gasteiger partial charge in [0.1, 0.15) is 12.4 Å². The first kappa shape index (κ1) is 20.7. The highest BCUT2D eigenvalue weighted by Gasteiger charge is 2.01. The zero-order valence-electron chi connectivity index (χ0n) is 14.1. The molecule has 0 atom stereocenters. The van der Waals surface area contributed by atoms with Gasteiger partial charge < -0.3 is 15.4 Å². The number of aryl methyl sites for hydroxylation is 1. The Morgan fingerprint density at radius 1 is 1.21 bits per heavy atom. The fraction of sp³-hybridized carbons (Fsp3) is 0.412. The third-order valence-corrected chi connectivity index (χ3v) is 4.09. The number of rotatable bonds is 8. The van der Waals surface area contributed by atoms with Gasteiger partial charge in [-0.1, -0.05) is 25.1 Å². The summed E-state index contributed by atoms with van der Waals surface area (Å²) in [4.78, 5) is 9.09. The summed E-state index contributed by atoms with van der Waals surface area (Å²) in [5.41, 5.74) is 1.02. The van der Waals surface area contributed by atoms with Crippen molar-refractivity contribution in [1.82, 2.24) is 15.6 Å². The van der Waals surface area contributed by atoms with Gasteiger partial charge in [-0.05, 0) is 25.5 Å². The topological polar surface area (TPSA) is 58.5 Å². The van der Waals surface area contributed by atoms with E-state index in [4.69, 9.17) is 4.74 Å². The highest BCUT2D eigenvalue weighted by Crippen LogP contribution is 2.10. The molecule has 5 nitrogen and oxygen atoms in total. The van der Waals surface area contributed by atoms with Crippen LogP contribution in [0.3, 0.4) is 0 Å². The maximum Gasteiger partial charge on any atom is 0.191 e. The van der Waals surface area contributed by atoms with Gasteiger partial charge >= 0.3 is 0 Å². The van der Waals surface area contributed by atoms with Crippen LogP contribution >= 0.6 is 35.3 Å². The highest BCUT2D eigenvalue weighted by molar-refractivity contribution is 14.0. The van der Waals surface area contributed by atoms with Gasteiger partial charge in [0.05, 0.1) is 23.8 Å². The smallest absolute Gasteiger partial charge is 0.191 e. The number of aromatic nitrogens is 1. The van der Waals surface area contributed by atoms with Gasteiger partial charge in [0.25, 0.3) is 0 Å². The van der Waals surface area contributed by atoms with Gasteiger partial charge in [0, 0.05) is 11.9 Å². The van der Waals surface area contributed by atoms with Gasteiger partial charge in [0.2, 0.25) is 0 Å². The minimum atomic E-state index is 0. The van der Waals surface area contributed by atoms with Crippen LogP contribution in [0.5, 0.6) is 5.75 Å². The molecule has 0 radical (unpaired) electrons. The van der Waals surface area contributed by atoms with Crippen molar-refractivity contribution in [3.8, 4) is 5.75 Å². The van der Waals surface area contributed by atoms with Crippen molar-refractivity contribution in [2.75, 3.05) is 19.7 Å². The molecule has 0 spiro atoms. The molecule has 132 valence electrons. The van der Waals surface area contributed by atoms with E-state index in [1.54, 1.807) is 11.3 Å². The molecule has 0 aliphatic heterocycles. The number of thiazole rings is 1. The largest absolute Gasteiger partial charge is 0.492 e. The van der Waals surface area contributed by atoms with E-state index in [-0.39, 0.29) is 24.0 Å². The molecule has 0 saturated heterocycles. The Kier molecular flexibility index (Phi) is 10.4. The van der Waals surface area contributed by atoms with Crippen LogP contribution in [0.25, 0.3) is 0 Å². The van der Waals surface area contributed by atoms with E-state index in [0.29, 0.717) is 19.7 Å². The van der Waals surface area contributed by atoms with Gasteiger partial charge in [0.15, 0.2) is 5.96 Å². The number of guanidine groups is 1. The zero-order chi connectivity index (χ0) is 16.3. The minimum Gasteiger partial charge on any atom is -0.492 e. The Morgan fingerprint density at radius 2 is 2.00 bits per heavy atom. The lowest BCUT2D eigenvalue weighted by Gasteiger charge is -2.11. The van der Waals surface area contributed by atoms with Crippen molar-refractivity contribution in [1.29, 1.82) is 0 Å². The predicted molar refractivity (Wildman–Crippen MR) is 112 cm³/mol. The lowest BCUT2D eigenvalue weighted by molar-refractivity contribution is 0.322. The minimum absolute atomic E-state index is 0. The molecule has 0 bridgehead atoms. The number of hydrogen-bond donors (Lipinski definition) is 2. The molecule has 0 aliphatic carbocycles. The van der Waals surface area contributed by atoms with Crippen molar-refractivity contribution in [2.24, 2.45) is 4.99 Å². The van der Waals surface area contributed by atoms with Crippen LogP contribution in [0.4, 0.5) is 0 Å². The number of para-hydroxylation sites is 1. The molecule has 24 heavy (non-hydrogen) atoms. The van der Waals surface area contributed by atoms with Crippen molar-refractivity contribution < 1.29 is 4.74 Å². The Balaban J connectivity index is 0.00000288. The molecule has 1 aromatic carbocycles. The number of ether oxygens (including phenoxy) is 1. The number of benzene rings is 1. The predicted octanol–water partition coefficient (Wildman–Crippen LogP) is 3.46. The molecule has 7 heteroatoms. The summed E-state index contributed by atoms with van der Waals surface area (Å²) in [7, 11) is 0. The molecule has 0 unspecified atom stereocenters. The standard InChI is InChI=1S/C17H24N4OS.HI/c1-3-16-21-14(13-23-16)12-20-17(18-4-2)19-10-11-22-15-8-6-5-7-9-15;/h5-9,13H,3-4,10-12H2,1-2H3,(H2,18,19,20);1H. The molecule has 1 aromatic heterocycles.